The van der Waals surface area contributed by atoms with Gasteiger partial charge in [-0.25, -0.2) is 4.79 Å². The summed E-state index contributed by atoms with van der Waals surface area (Å²) in [6.07, 6.45) is 0.226. The molecule has 0 saturated heterocycles. The topological polar surface area (TPSA) is 82.6 Å². The number of nitrogens with zero attached hydrogens (tertiary/aromatic N) is 1. The third-order valence-electron chi connectivity index (χ3n) is 5.15. The number of hydrogen-bond acceptors (Lipinski definition) is 3. The van der Waals surface area contributed by atoms with E-state index in [-0.39, 0.29) is 29.2 Å². The van der Waals surface area contributed by atoms with Crippen molar-refractivity contribution in [2.75, 3.05) is 11.9 Å². The molecule has 0 aliphatic heterocycles. The molecule has 2 N–H and O–H groups in total. The molecule has 0 atom stereocenters. The lowest BCUT2D eigenvalue weighted by molar-refractivity contribution is 0.203. The maximum Gasteiger partial charge on any atom is 0.412 e. The minimum absolute atomic E-state index is 0.122. The molecule has 4 aromatic rings. The largest absolute Gasteiger partial charge is 0.483 e. The van der Waals surface area contributed by atoms with Crippen LogP contribution in [0.3, 0.4) is 0 Å². The number of benzene rings is 3. The molecule has 4 rings (SSSR count). The highest BCUT2D eigenvalue weighted by atomic mass is 16.5. The number of hydrogen-bond donors (Lipinski definition) is 2. The van der Waals surface area contributed by atoms with E-state index in [4.69, 9.17) is 4.74 Å². The van der Waals surface area contributed by atoms with Crippen molar-refractivity contribution in [2.45, 2.75) is 6.61 Å². The fraction of sp³-hybridized carbons (Fsp3) is 0.0769. The third-order valence-corrected chi connectivity index (χ3v) is 5.15. The Balaban J connectivity index is 1.80. The van der Waals surface area contributed by atoms with Crippen molar-refractivity contribution in [1.82, 2.24) is 4.98 Å². The van der Waals surface area contributed by atoms with E-state index in [0.29, 0.717) is 5.56 Å². The number of nitrogens with one attached hydrogen (secondary N) is 1. The molecule has 1 aromatic heterocycles. The first-order valence-electron chi connectivity index (χ1n) is 10.1. The van der Waals surface area contributed by atoms with Crippen LogP contribution in [0.25, 0.3) is 22.3 Å². The van der Waals surface area contributed by atoms with Crippen LogP contribution in [0.2, 0.25) is 0 Å². The fourth-order valence-electron chi connectivity index (χ4n) is 3.46. The predicted octanol–water partition coefficient (Wildman–Crippen LogP) is 5.40. The van der Waals surface area contributed by atoms with Gasteiger partial charge >= 0.3 is 6.09 Å². The minimum atomic E-state index is -1.18. The summed E-state index contributed by atoms with van der Waals surface area (Å²) in [6.45, 7) is 0.224. The number of amides is 1. The van der Waals surface area contributed by atoms with E-state index >= 15 is 0 Å². The molecule has 6 nitrogen and oxygen atoms in total. The van der Waals surface area contributed by atoms with Gasteiger partial charge in [-0.15, -0.1) is 0 Å². The zero-order valence-electron chi connectivity index (χ0n) is 17.5. The number of aromatic amines is 1. The highest BCUT2D eigenvalue weighted by Gasteiger charge is 2.21. The number of carbonyl (C=O) groups is 1. The number of anilines is 1. The summed E-state index contributed by atoms with van der Waals surface area (Å²) in [6, 6.07) is 26.8. The van der Waals surface area contributed by atoms with Crippen LogP contribution in [0.4, 0.5) is 10.6 Å². The number of rotatable bonds is 6. The number of pyridine rings is 1. The fourth-order valence-corrected chi connectivity index (χ4v) is 3.46. The molecule has 6 heteroatoms. The van der Waals surface area contributed by atoms with Crippen LogP contribution in [0.5, 0.6) is 5.75 Å². The predicted molar refractivity (Wildman–Crippen MR) is 125 cm³/mol. The number of ether oxygens (including phenoxy) is 1. The Hall–Kier alpha value is -4.32. The SMILES string of the molecule is CN(C(=O)O)c1[nH]cc(OCc2ccccc2)c(=O)c1-c1cccc(-c2ccccc2)c1. The summed E-state index contributed by atoms with van der Waals surface area (Å²) in [4.78, 5) is 29.0. The smallest absolute Gasteiger partial charge is 0.412 e. The van der Waals surface area contributed by atoms with Gasteiger partial charge in [-0.05, 0) is 28.3 Å². The van der Waals surface area contributed by atoms with E-state index < -0.39 is 6.09 Å². The van der Waals surface area contributed by atoms with Crippen LogP contribution in [0.1, 0.15) is 5.56 Å². The van der Waals surface area contributed by atoms with E-state index in [1.54, 1.807) is 6.07 Å². The summed E-state index contributed by atoms with van der Waals surface area (Å²) in [5.41, 5.74) is 3.29. The van der Waals surface area contributed by atoms with Gasteiger partial charge in [-0.2, -0.15) is 0 Å². The molecule has 0 bridgehead atoms. The molecular formula is C26H22N2O4. The highest BCUT2D eigenvalue weighted by Crippen LogP contribution is 2.31. The van der Waals surface area contributed by atoms with E-state index in [1.165, 1.54) is 13.2 Å². The summed E-state index contributed by atoms with van der Waals surface area (Å²) in [5, 5.41) is 9.52. The van der Waals surface area contributed by atoms with Gasteiger partial charge in [0, 0.05) is 13.2 Å². The summed E-state index contributed by atoms with van der Waals surface area (Å²) in [7, 11) is 1.39. The molecule has 1 amide bonds. The number of aromatic nitrogens is 1. The van der Waals surface area contributed by atoms with Crippen LogP contribution in [0.15, 0.2) is 95.9 Å². The second kappa shape index (κ2) is 9.22. The van der Waals surface area contributed by atoms with Gasteiger partial charge in [-0.1, -0.05) is 78.9 Å². The van der Waals surface area contributed by atoms with Crippen molar-refractivity contribution in [3.63, 3.8) is 0 Å². The normalized spacial score (nSPS) is 10.5. The summed E-state index contributed by atoms with van der Waals surface area (Å²) >= 11 is 0. The van der Waals surface area contributed by atoms with Crippen LogP contribution in [-0.4, -0.2) is 23.2 Å². The second-order valence-electron chi connectivity index (χ2n) is 7.27. The van der Waals surface area contributed by atoms with Crippen molar-refractivity contribution in [1.29, 1.82) is 0 Å². The Kier molecular flexibility index (Phi) is 6.03. The molecule has 0 unspecified atom stereocenters. The molecule has 0 aliphatic rings. The van der Waals surface area contributed by atoms with E-state index in [2.05, 4.69) is 4.98 Å². The maximum absolute atomic E-state index is 13.4. The van der Waals surface area contributed by atoms with Crippen LogP contribution >= 0.6 is 0 Å². The van der Waals surface area contributed by atoms with Crippen molar-refractivity contribution in [2.24, 2.45) is 0 Å². The van der Waals surface area contributed by atoms with E-state index in [9.17, 15) is 14.7 Å². The monoisotopic (exact) mass is 426 g/mol. The molecule has 0 fully saturated rings. The summed E-state index contributed by atoms with van der Waals surface area (Å²) < 4.78 is 5.79. The number of carboxylic acid groups (broad SMARTS) is 1. The summed E-state index contributed by atoms with van der Waals surface area (Å²) in [5.74, 6) is 0.302. The van der Waals surface area contributed by atoms with Gasteiger partial charge < -0.3 is 14.8 Å². The maximum atomic E-state index is 13.4. The lowest BCUT2D eigenvalue weighted by atomic mass is 9.99. The molecule has 1 heterocycles. The average molecular weight is 426 g/mol. The quantitative estimate of drug-likeness (QED) is 0.432. The first kappa shape index (κ1) is 20.9. The molecule has 32 heavy (non-hydrogen) atoms. The second-order valence-corrected chi connectivity index (χ2v) is 7.27. The van der Waals surface area contributed by atoms with Crippen molar-refractivity contribution in [3.8, 4) is 28.0 Å². The molecular weight excluding hydrogens is 404 g/mol. The van der Waals surface area contributed by atoms with Crippen molar-refractivity contribution >= 4 is 11.9 Å². The number of H-pyrrole nitrogens is 1. The standard InChI is InChI=1S/C26H22N2O4/c1-28(26(30)31)25-23(21-14-8-13-20(15-21)19-11-6-3-7-12-19)24(29)22(16-27-25)32-17-18-9-4-2-5-10-18/h2-16H,17H2,1H3,(H,27,29)(H,30,31). The van der Waals surface area contributed by atoms with Gasteiger partial charge in [0.25, 0.3) is 0 Å². The lowest BCUT2D eigenvalue weighted by Gasteiger charge is -2.18. The lowest BCUT2D eigenvalue weighted by Crippen LogP contribution is -2.27. The first-order chi connectivity index (χ1) is 15.5. The van der Waals surface area contributed by atoms with Crippen LogP contribution in [-0.2, 0) is 6.61 Å². The van der Waals surface area contributed by atoms with Gasteiger partial charge in [-0.3, -0.25) is 9.69 Å². The Morgan fingerprint density at radius 3 is 2.22 bits per heavy atom. The highest BCUT2D eigenvalue weighted by molar-refractivity contribution is 5.91. The zero-order valence-corrected chi connectivity index (χ0v) is 17.5. The Bertz CT molecular complexity index is 1280. The van der Waals surface area contributed by atoms with E-state index in [1.807, 2.05) is 78.9 Å². The molecule has 0 saturated carbocycles. The first-order valence-corrected chi connectivity index (χ1v) is 10.1. The zero-order chi connectivity index (χ0) is 22.5. The van der Waals surface area contributed by atoms with Gasteiger partial charge in [0.2, 0.25) is 5.43 Å². The van der Waals surface area contributed by atoms with Crippen molar-refractivity contribution in [3.05, 3.63) is 107 Å². The minimum Gasteiger partial charge on any atom is -0.483 e. The molecule has 160 valence electrons. The molecule has 0 spiro atoms. The van der Waals surface area contributed by atoms with Gasteiger partial charge in [0.15, 0.2) is 5.75 Å². The average Bonchev–Trinajstić information content (AvgIpc) is 2.84. The Morgan fingerprint density at radius 2 is 1.53 bits per heavy atom. The van der Waals surface area contributed by atoms with E-state index in [0.717, 1.165) is 21.6 Å². The van der Waals surface area contributed by atoms with Gasteiger partial charge in [0.05, 0.1) is 5.56 Å². The van der Waals surface area contributed by atoms with Crippen LogP contribution in [0, 0.1) is 0 Å². The van der Waals surface area contributed by atoms with Crippen LogP contribution < -0.4 is 15.1 Å². The molecule has 3 aromatic carbocycles. The van der Waals surface area contributed by atoms with Crippen molar-refractivity contribution < 1.29 is 14.6 Å². The third kappa shape index (κ3) is 4.39. The van der Waals surface area contributed by atoms with Gasteiger partial charge in [0.1, 0.15) is 12.4 Å². The Morgan fingerprint density at radius 1 is 0.906 bits per heavy atom. The molecule has 0 aliphatic carbocycles. The Labute approximate surface area is 185 Å². The molecule has 0 radical (unpaired) electrons.